The van der Waals surface area contributed by atoms with Crippen molar-refractivity contribution in [1.82, 2.24) is 14.5 Å². The van der Waals surface area contributed by atoms with Gasteiger partial charge in [-0.15, -0.1) is 0 Å². The third kappa shape index (κ3) is 5.62. The van der Waals surface area contributed by atoms with E-state index in [9.17, 15) is 18.0 Å². The maximum Gasteiger partial charge on any atom is 0.253 e. The van der Waals surface area contributed by atoms with Crippen molar-refractivity contribution in [3.05, 3.63) is 28.8 Å². The van der Waals surface area contributed by atoms with Crippen molar-refractivity contribution >= 4 is 33.4 Å². The minimum atomic E-state index is -3.89. The van der Waals surface area contributed by atoms with Gasteiger partial charge in [0, 0.05) is 43.7 Å². The molecular formula is C22H32ClN3O5S. The average Bonchev–Trinajstić information content (AvgIpc) is 2.73. The lowest BCUT2D eigenvalue weighted by Gasteiger charge is -2.35. The molecule has 2 fully saturated rings. The molecule has 2 heterocycles. The van der Waals surface area contributed by atoms with E-state index in [0.29, 0.717) is 13.1 Å². The molecule has 3 unspecified atom stereocenters. The van der Waals surface area contributed by atoms with Gasteiger partial charge in [0.15, 0.2) is 0 Å². The summed E-state index contributed by atoms with van der Waals surface area (Å²) in [5.41, 5.74) is 0.262. The number of carbonyl (C=O) groups excluding carboxylic acids is 2. The normalized spacial score (nSPS) is 25.1. The summed E-state index contributed by atoms with van der Waals surface area (Å²) in [5.74, 6) is -0.445. The molecule has 2 saturated heterocycles. The van der Waals surface area contributed by atoms with Gasteiger partial charge < -0.3 is 15.0 Å². The lowest BCUT2D eigenvalue weighted by Crippen LogP contribution is -2.50. The number of nitrogens with one attached hydrogen (secondary N) is 1. The fourth-order valence-corrected chi connectivity index (χ4v) is 6.22. The van der Waals surface area contributed by atoms with Gasteiger partial charge >= 0.3 is 0 Å². The van der Waals surface area contributed by atoms with E-state index in [4.69, 9.17) is 16.3 Å². The largest absolute Gasteiger partial charge is 0.373 e. The zero-order valence-corrected chi connectivity index (χ0v) is 20.6. The Kier molecular flexibility index (Phi) is 7.85. The van der Waals surface area contributed by atoms with Crippen molar-refractivity contribution in [2.24, 2.45) is 5.92 Å². The predicted molar refractivity (Wildman–Crippen MR) is 122 cm³/mol. The predicted octanol–water partition coefficient (Wildman–Crippen LogP) is 2.51. The Hall–Kier alpha value is -1.68. The molecule has 2 aliphatic heterocycles. The van der Waals surface area contributed by atoms with Crippen LogP contribution in [0.4, 0.5) is 0 Å². The van der Waals surface area contributed by atoms with E-state index in [1.54, 1.807) is 11.0 Å². The van der Waals surface area contributed by atoms with Crippen LogP contribution in [0.25, 0.3) is 0 Å². The van der Waals surface area contributed by atoms with Crippen molar-refractivity contribution < 1.29 is 22.7 Å². The van der Waals surface area contributed by atoms with Crippen molar-refractivity contribution in [3.8, 4) is 0 Å². The van der Waals surface area contributed by atoms with E-state index < -0.39 is 10.0 Å². The van der Waals surface area contributed by atoms with Crippen LogP contribution in [0.15, 0.2) is 23.1 Å². The minimum absolute atomic E-state index is 0.0434. The molecule has 8 nitrogen and oxygen atoms in total. The molecular weight excluding hydrogens is 454 g/mol. The number of piperidine rings is 1. The van der Waals surface area contributed by atoms with Crippen LogP contribution in [0.2, 0.25) is 5.02 Å². The first-order valence-corrected chi connectivity index (χ1v) is 12.9. The van der Waals surface area contributed by atoms with Gasteiger partial charge in [-0.2, -0.15) is 4.31 Å². The Morgan fingerprint density at radius 3 is 2.44 bits per heavy atom. The summed E-state index contributed by atoms with van der Waals surface area (Å²) < 4.78 is 33.6. The highest BCUT2D eigenvalue weighted by molar-refractivity contribution is 7.89. The number of sulfonamides is 1. The van der Waals surface area contributed by atoms with Crippen LogP contribution in [0.5, 0.6) is 0 Å². The summed E-state index contributed by atoms with van der Waals surface area (Å²) >= 11 is 6.26. The van der Waals surface area contributed by atoms with Gasteiger partial charge in [0.05, 0.1) is 17.2 Å². The number of nitrogens with zero attached hydrogens (tertiary/aromatic N) is 2. The lowest BCUT2D eigenvalue weighted by atomic mass is 10.0. The molecule has 178 valence electrons. The zero-order chi connectivity index (χ0) is 23.6. The van der Waals surface area contributed by atoms with E-state index in [1.165, 1.54) is 16.4 Å². The summed E-state index contributed by atoms with van der Waals surface area (Å²) in [7, 11) is -3.89. The number of hydrogen-bond donors (Lipinski definition) is 1. The van der Waals surface area contributed by atoms with Crippen molar-refractivity contribution in [3.63, 3.8) is 0 Å². The van der Waals surface area contributed by atoms with Crippen LogP contribution in [0.1, 0.15) is 50.9 Å². The second-order valence-electron chi connectivity index (χ2n) is 8.98. The number of morpholine rings is 1. The molecule has 0 aromatic heterocycles. The second kappa shape index (κ2) is 10.1. The Morgan fingerprint density at radius 1 is 1.16 bits per heavy atom. The molecule has 10 heteroatoms. The summed E-state index contributed by atoms with van der Waals surface area (Å²) in [6.07, 6.45) is 1.10. The van der Waals surface area contributed by atoms with E-state index in [2.05, 4.69) is 5.32 Å². The van der Waals surface area contributed by atoms with Crippen LogP contribution in [-0.4, -0.2) is 73.9 Å². The van der Waals surface area contributed by atoms with Crippen LogP contribution in [-0.2, 0) is 19.6 Å². The SMILES string of the molecule is CC1CN(S(=O)(=O)c2cc(C(=O)N3CCCC(NC(=O)C(C)C)C3)ccc2Cl)CC(C)O1. The molecule has 32 heavy (non-hydrogen) atoms. The van der Waals surface area contributed by atoms with Gasteiger partial charge in [-0.05, 0) is 44.9 Å². The number of ether oxygens (including phenoxy) is 1. The van der Waals surface area contributed by atoms with E-state index >= 15 is 0 Å². The lowest BCUT2D eigenvalue weighted by molar-refractivity contribution is -0.125. The highest BCUT2D eigenvalue weighted by Gasteiger charge is 2.34. The molecule has 0 bridgehead atoms. The molecule has 3 atom stereocenters. The number of carbonyl (C=O) groups is 2. The molecule has 1 N–H and O–H groups in total. The molecule has 3 rings (SSSR count). The number of rotatable bonds is 5. The monoisotopic (exact) mass is 485 g/mol. The highest BCUT2D eigenvalue weighted by Crippen LogP contribution is 2.29. The third-order valence-electron chi connectivity index (χ3n) is 5.76. The average molecular weight is 486 g/mol. The fourth-order valence-electron chi connectivity index (χ4n) is 4.13. The summed E-state index contributed by atoms with van der Waals surface area (Å²) in [6, 6.07) is 4.25. The summed E-state index contributed by atoms with van der Waals surface area (Å²) in [5, 5.41) is 3.06. The maximum atomic E-state index is 13.3. The highest BCUT2D eigenvalue weighted by atomic mass is 35.5. The van der Waals surface area contributed by atoms with Gasteiger partial charge in [0.2, 0.25) is 15.9 Å². The minimum Gasteiger partial charge on any atom is -0.373 e. The molecule has 1 aromatic carbocycles. The van der Waals surface area contributed by atoms with Crippen LogP contribution in [0.3, 0.4) is 0 Å². The number of hydrogen-bond acceptors (Lipinski definition) is 5. The second-order valence-corrected chi connectivity index (χ2v) is 11.3. The number of benzene rings is 1. The standard InChI is InChI=1S/C22H32ClN3O5S/c1-14(2)21(27)24-18-6-5-9-25(13-18)22(28)17-7-8-19(23)20(10-17)32(29,30)26-11-15(3)31-16(4)12-26/h7-8,10,14-16,18H,5-6,9,11-13H2,1-4H3,(H,24,27). The molecule has 0 saturated carbocycles. The molecule has 0 aliphatic carbocycles. The Bertz CT molecular complexity index is 958. The number of amides is 2. The van der Waals surface area contributed by atoms with E-state index in [1.807, 2.05) is 27.7 Å². The van der Waals surface area contributed by atoms with Crippen molar-refractivity contribution in [2.45, 2.75) is 63.7 Å². The van der Waals surface area contributed by atoms with Crippen LogP contribution >= 0.6 is 11.6 Å². The van der Waals surface area contributed by atoms with Crippen molar-refractivity contribution in [2.75, 3.05) is 26.2 Å². The van der Waals surface area contributed by atoms with Crippen LogP contribution < -0.4 is 5.32 Å². The van der Waals surface area contributed by atoms with Crippen molar-refractivity contribution in [1.29, 1.82) is 0 Å². The molecule has 1 aromatic rings. The first kappa shape index (κ1) is 25.0. The summed E-state index contributed by atoms with van der Waals surface area (Å²) in [6.45, 7) is 8.69. The Labute approximate surface area is 195 Å². The van der Waals surface area contributed by atoms with Gasteiger partial charge in [0.1, 0.15) is 4.90 Å². The van der Waals surface area contributed by atoms with Gasteiger partial charge in [-0.3, -0.25) is 9.59 Å². The first-order valence-electron chi connectivity index (χ1n) is 11.0. The number of halogens is 1. The van der Waals surface area contributed by atoms with Gasteiger partial charge in [-0.1, -0.05) is 25.4 Å². The smallest absolute Gasteiger partial charge is 0.253 e. The van der Waals surface area contributed by atoms with Gasteiger partial charge in [-0.25, -0.2) is 8.42 Å². The topological polar surface area (TPSA) is 96.0 Å². The van der Waals surface area contributed by atoms with Gasteiger partial charge in [0.25, 0.3) is 5.91 Å². The van der Waals surface area contributed by atoms with E-state index in [0.717, 1.165) is 12.8 Å². The maximum absolute atomic E-state index is 13.3. The summed E-state index contributed by atoms with van der Waals surface area (Å²) in [4.78, 5) is 26.8. The molecule has 2 amide bonds. The molecule has 0 spiro atoms. The van der Waals surface area contributed by atoms with E-state index in [-0.39, 0.29) is 64.6 Å². The van der Waals surface area contributed by atoms with Crippen LogP contribution in [0, 0.1) is 5.92 Å². The molecule has 0 radical (unpaired) electrons. The number of likely N-dealkylation sites (tertiary alicyclic amines) is 1. The third-order valence-corrected chi connectivity index (χ3v) is 8.07. The fraction of sp³-hybridized carbons (Fsp3) is 0.636. The Balaban J connectivity index is 1.80. The first-order chi connectivity index (χ1) is 15.0. The zero-order valence-electron chi connectivity index (χ0n) is 19.0. The quantitative estimate of drug-likeness (QED) is 0.691. The molecule has 2 aliphatic rings. The Morgan fingerprint density at radius 2 is 1.81 bits per heavy atom.